The van der Waals surface area contributed by atoms with E-state index in [4.69, 9.17) is 32.7 Å². The summed E-state index contributed by atoms with van der Waals surface area (Å²) in [4.78, 5) is 31.8. The van der Waals surface area contributed by atoms with Crippen molar-refractivity contribution in [2.24, 2.45) is 0 Å². The minimum absolute atomic E-state index is 0.0269. The Morgan fingerprint density at radius 1 is 1.03 bits per heavy atom. The summed E-state index contributed by atoms with van der Waals surface area (Å²) in [6, 6.07) is 5.01. The van der Waals surface area contributed by atoms with Gasteiger partial charge in [-0.2, -0.15) is 0 Å². The zero-order valence-electron chi connectivity index (χ0n) is 17.1. The monoisotopic (exact) mass is 455 g/mol. The van der Waals surface area contributed by atoms with Crippen molar-refractivity contribution in [3.63, 3.8) is 0 Å². The van der Waals surface area contributed by atoms with Gasteiger partial charge in [0.1, 0.15) is 0 Å². The Morgan fingerprint density at radius 2 is 1.73 bits per heavy atom. The summed E-state index contributed by atoms with van der Waals surface area (Å²) in [7, 11) is 1.39. The molecule has 3 fully saturated rings. The van der Waals surface area contributed by atoms with E-state index in [0.29, 0.717) is 36.3 Å². The van der Waals surface area contributed by atoms with Crippen LogP contribution in [0.4, 0.5) is 4.79 Å². The maximum absolute atomic E-state index is 13.4. The van der Waals surface area contributed by atoms with E-state index in [1.807, 2.05) is 11.0 Å². The topological polar surface area (TPSA) is 62.3 Å². The van der Waals surface area contributed by atoms with Crippen LogP contribution < -0.4 is 0 Å². The average molecular weight is 456 g/mol. The minimum Gasteiger partial charge on any atom is -0.453 e. The number of fused-ring (bicyclic) bond motifs is 1. The van der Waals surface area contributed by atoms with Crippen LogP contribution in [0.3, 0.4) is 0 Å². The van der Waals surface area contributed by atoms with Gasteiger partial charge in [-0.05, 0) is 43.6 Å². The van der Waals surface area contributed by atoms with Gasteiger partial charge in [0, 0.05) is 13.1 Å². The fourth-order valence-electron chi connectivity index (χ4n) is 4.94. The van der Waals surface area contributed by atoms with E-state index in [-0.39, 0.29) is 36.5 Å². The number of carbonyl (C=O) groups is 2. The van der Waals surface area contributed by atoms with Crippen molar-refractivity contribution in [3.05, 3.63) is 33.8 Å². The smallest absolute Gasteiger partial charge is 0.409 e. The maximum Gasteiger partial charge on any atom is 0.409 e. The first-order valence-electron chi connectivity index (χ1n) is 10.4. The molecule has 3 aliphatic heterocycles. The predicted octanol–water partition coefficient (Wildman–Crippen LogP) is 2.68. The first-order valence-corrected chi connectivity index (χ1v) is 11.1. The van der Waals surface area contributed by atoms with Crippen LogP contribution in [0.15, 0.2) is 18.2 Å². The number of halogens is 2. The third kappa shape index (κ3) is 4.26. The molecule has 9 heteroatoms. The van der Waals surface area contributed by atoms with Crippen molar-refractivity contribution in [2.75, 3.05) is 46.5 Å². The van der Waals surface area contributed by atoms with Crippen LogP contribution in [0, 0.1) is 0 Å². The predicted molar refractivity (Wildman–Crippen MR) is 114 cm³/mol. The molecule has 0 aromatic heterocycles. The van der Waals surface area contributed by atoms with Crippen LogP contribution >= 0.6 is 23.2 Å². The lowest BCUT2D eigenvalue weighted by molar-refractivity contribution is -0.150. The Balaban J connectivity index is 1.59. The largest absolute Gasteiger partial charge is 0.453 e. The van der Waals surface area contributed by atoms with Crippen molar-refractivity contribution in [1.82, 2.24) is 14.7 Å². The molecule has 164 valence electrons. The normalized spacial score (nSPS) is 27.1. The zero-order valence-corrected chi connectivity index (χ0v) is 18.6. The highest BCUT2D eigenvalue weighted by molar-refractivity contribution is 6.42. The van der Waals surface area contributed by atoms with E-state index in [9.17, 15) is 9.59 Å². The number of hydrogen-bond donors (Lipinski definition) is 0. The van der Waals surface area contributed by atoms with Crippen LogP contribution in [0.5, 0.6) is 0 Å². The van der Waals surface area contributed by atoms with Crippen LogP contribution in [0.2, 0.25) is 10.0 Å². The number of rotatable bonds is 3. The van der Waals surface area contributed by atoms with E-state index >= 15 is 0 Å². The van der Waals surface area contributed by atoms with Crippen molar-refractivity contribution < 1.29 is 19.1 Å². The fraction of sp³-hybridized carbons (Fsp3) is 0.619. The Morgan fingerprint density at radius 3 is 2.43 bits per heavy atom. The quantitative estimate of drug-likeness (QED) is 0.700. The lowest BCUT2D eigenvalue weighted by atomic mass is 9.91. The zero-order chi connectivity index (χ0) is 21.3. The molecule has 0 aliphatic carbocycles. The van der Waals surface area contributed by atoms with E-state index in [0.717, 1.165) is 31.5 Å². The van der Waals surface area contributed by atoms with Gasteiger partial charge < -0.3 is 14.4 Å². The number of carbonyl (C=O) groups excluding carboxylic acids is 2. The molecule has 2 amide bonds. The first-order chi connectivity index (χ1) is 14.5. The summed E-state index contributed by atoms with van der Waals surface area (Å²) in [5.41, 5.74) is 0.825. The average Bonchev–Trinajstić information content (AvgIpc) is 3.29. The third-order valence-electron chi connectivity index (χ3n) is 6.39. The second kappa shape index (κ2) is 9.30. The Kier molecular flexibility index (Phi) is 6.72. The molecular formula is C21H27Cl2N3O4. The molecule has 7 nitrogen and oxygen atoms in total. The lowest BCUT2D eigenvalue weighted by Crippen LogP contribution is -2.72. The molecule has 4 rings (SSSR count). The Bertz CT molecular complexity index is 802. The van der Waals surface area contributed by atoms with Crippen molar-refractivity contribution in [3.8, 4) is 0 Å². The van der Waals surface area contributed by atoms with Crippen LogP contribution in [0.25, 0.3) is 0 Å². The second-order valence-electron chi connectivity index (χ2n) is 8.08. The molecule has 1 unspecified atom stereocenters. The molecule has 3 aliphatic rings. The molecule has 0 saturated carbocycles. The SMILES string of the molecule is COC(=O)N1CCN(C(=O)Cc2ccc(Cl)c(Cl)c2)[C@@H]2C(N3CCCC3)COC[C@H]21. The van der Waals surface area contributed by atoms with Gasteiger partial charge in [0.15, 0.2) is 0 Å². The van der Waals surface area contributed by atoms with Crippen molar-refractivity contribution in [2.45, 2.75) is 37.4 Å². The fourth-order valence-corrected chi connectivity index (χ4v) is 5.26. The summed E-state index contributed by atoms with van der Waals surface area (Å²) < 4.78 is 10.9. The number of likely N-dealkylation sites (tertiary alicyclic amines) is 1. The molecular weight excluding hydrogens is 429 g/mol. The van der Waals surface area contributed by atoms with Crippen LogP contribution in [0.1, 0.15) is 18.4 Å². The summed E-state index contributed by atoms with van der Waals surface area (Å²) >= 11 is 12.1. The van der Waals surface area contributed by atoms with Gasteiger partial charge in [0.25, 0.3) is 0 Å². The molecule has 0 radical (unpaired) electrons. The Hall–Kier alpha value is -1.54. The van der Waals surface area contributed by atoms with E-state index in [1.54, 1.807) is 17.0 Å². The molecule has 30 heavy (non-hydrogen) atoms. The number of benzene rings is 1. The summed E-state index contributed by atoms with van der Waals surface area (Å²) in [6.07, 6.45) is 2.16. The van der Waals surface area contributed by atoms with Gasteiger partial charge >= 0.3 is 6.09 Å². The third-order valence-corrected chi connectivity index (χ3v) is 7.13. The number of amides is 2. The number of piperazine rings is 1. The van der Waals surface area contributed by atoms with Gasteiger partial charge in [-0.3, -0.25) is 14.6 Å². The molecule has 1 aromatic carbocycles. The molecule has 3 saturated heterocycles. The highest BCUT2D eigenvalue weighted by Gasteiger charge is 2.49. The summed E-state index contributed by atoms with van der Waals surface area (Å²) in [5, 5.41) is 0.912. The van der Waals surface area contributed by atoms with Crippen LogP contribution in [-0.2, 0) is 20.7 Å². The minimum atomic E-state index is -0.368. The summed E-state index contributed by atoms with van der Waals surface area (Å²) in [6.45, 7) is 3.85. The molecule has 3 heterocycles. The van der Waals surface area contributed by atoms with Gasteiger partial charge in [-0.1, -0.05) is 29.3 Å². The van der Waals surface area contributed by atoms with Crippen LogP contribution in [-0.4, -0.2) is 91.3 Å². The second-order valence-corrected chi connectivity index (χ2v) is 8.90. The van der Waals surface area contributed by atoms with Gasteiger partial charge in [-0.25, -0.2) is 4.79 Å². The van der Waals surface area contributed by atoms with E-state index in [2.05, 4.69) is 4.90 Å². The standard InChI is InChI=1S/C21H27Cl2N3O4/c1-29-21(28)25-8-9-26(19(27)11-14-4-5-15(22)16(23)10-14)20-17(12-30-13-18(20)25)24-6-2-3-7-24/h4-5,10,17-18,20H,2-3,6-9,11-13H2,1H3/t17?,18-,20-/m1/s1. The number of methoxy groups -OCH3 is 1. The lowest BCUT2D eigenvalue weighted by Gasteiger charge is -2.53. The first kappa shape index (κ1) is 21.7. The van der Waals surface area contributed by atoms with Crippen molar-refractivity contribution in [1.29, 1.82) is 0 Å². The molecule has 0 spiro atoms. The van der Waals surface area contributed by atoms with Gasteiger partial charge in [0.05, 0.1) is 54.9 Å². The Labute approximate surface area is 186 Å². The molecule has 0 bridgehead atoms. The number of ether oxygens (including phenoxy) is 2. The highest BCUT2D eigenvalue weighted by Crippen LogP contribution is 2.31. The molecule has 0 N–H and O–H groups in total. The van der Waals surface area contributed by atoms with Gasteiger partial charge in [0.2, 0.25) is 5.91 Å². The molecule has 1 aromatic rings. The van der Waals surface area contributed by atoms with E-state index in [1.165, 1.54) is 7.11 Å². The maximum atomic E-state index is 13.4. The molecule has 3 atom stereocenters. The summed E-state index contributed by atoms with van der Waals surface area (Å²) in [5.74, 6) is 0.0269. The number of hydrogen-bond acceptors (Lipinski definition) is 5. The highest BCUT2D eigenvalue weighted by atomic mass is 35.5. The van der Waals surface area contributed by atoms with Crippen molar-refractivity contribution >= 4 is 35.2 Å². The van der Waals surface area contributed by atoms with E-state index < -0.39 is 0 Å². The number of nitrogens with zero attached hydrogens (tertiary/aromatic N) is 3. The van der Waals surface area contributed by atoms with Gasteiger partial charge in [-0.15, -0.1) is 0 Å².